The van der Waals surface area contributed by atoms with Crippen molar-refractivity contribution in [3.05, 3.63) is 0 Å². The van der Waals surface area contributed by atoms with Crippen LogP contribution in [0.25, 0.3) is 0 Å². The second-order valence-electron chi connectivity index (χ2n) is 1.55. The van der Waals surface area contributed by atoms with E-state index >= 15 is 0 Å². The Balaban J connectivity index is -0.0000000110. The fraction of sp³-hybridized carbons (Fsp3) is 0. The van der Waals surface area contributed by atoms with E-state index in [9.17, 15) is 0 Å². The Morgan fingerprint density at radius 2 is 0.400 bits per heavy atom. The Labute approximate surface area is 236 Å². The fourth-order valence-corrected chi connectivity index (χ4v) is 0. The van der Waals surface area contributed by atoms with E-state index in [1.54, 1.807) is 0 Å². The van der Waals surface area contributed by atoms with E-state index in [1.165, 1.54) is 0 Å². The summed E-state index contributed by atoms with van der Waals surface area (Å²) < 4.78 is 97.6. The van der Waals surface area contributed by atoms with Crippen LogP contribution >= 0.6 is 0 Å². The molecule has 0 aromatic rings. The fourth-order valence-electron chi connectivity index (χ4n) is 0. The van der Waals surface area contributed by atoms with Crippen LogP contribution in [0.1, 0.15) is 5.71 Å². The summed E-state index contributed by atoms with van der Waals surface area (Å²) >= 11 is -6.00. The van der Waals surface area contributed by atoms with Crippen LogP contribution in [-0.2, 0) is 33.1 Å². The van der Waals surface area contributed by atoms with Gasteiger partial charge in [-0.1, -0.05) is 0 Å². The third-order valence-electron chi connectivity index (χ3n) is 0. The molecule has 0 radical (unpaired) electrons. The quantitative estimate of drug-likeness (QED) is 0.114. The molecular weight excluding hydrogens is 589 g/mol. The Morgan fingerprint density at radius 1 is 0.400 bits per heavy atom. The van der Waals surface area contributed by atoms with E-state index in [0.29, 0.717) is 0 Å². The van der Waals surface area contributed by atoms with Crippen LogP contribution in [0.15, 0.2) is 0 Å². The Bertz CT molecular complexity index is 321. The molecule has 0 aliphatic carbocycles. The molecule has 30 heavy (non-hydrogen) atoms. The van der Waals surface area contributed by atoms with Gasteiger partial charge in [-0.15, -0.1) is 0 Å². The molecule has 30 heteroatoms. The van der Waals surface area contributed by atoms with Crippen molar-refractivity contribution in [2.75, 3.05) is 0 Å². The molecule has 0 aliphatic heterocycles. The van der Waals surface area contributed by atoms with Crippen molar-refractivity contribution in [1.82, 2.24) is 0 Å². The molecule has 0 atom stereocenters. The van der Waals surface area contributed by atoms with Gasteiger partial charge in [0, 0.05) is 0 Å². The van der Waals surface area contributed by atoms with Crippen LogP contribution in [0, 0.1) is 0 Å². The van der Waals surface area contributed by atoms with Gasteiger partial charge < -0.3 is 44.1 Å². The summed E-state index contributed by atoms with van der Waals surface area (Å²) in [6.07, 6.45) is 0. The van der Waals surface area contributed by atoms with Crippen LogP contribution in [0.4, 0.5) is 0 Å². The summed E-state index contributed by atoms with van der Waals surface area (Å²) in [5, 5.41) is 0. The standard InChI is InChI=1S/4Al.2Mg.4H2O3Si.4H2O.4O.4H/c;;;;;;4*1-4(2)3;;;;;;;;;;;;/h;;;;;;4*1-2H;4*1H2;;;;;;;;/q4*+1;2*+2;;;;;;;;;;;;;4*-1/p-4. The van der Waals surface area contributed by atoms with Crippen molar-refractivity contribution >= 4 is 145 Å². The van der Waals surface area contributed by atoms with Crippen LogP contribution in [-0.4, -0.2) is 200 Å². The number of hydrogen-bond acceptors (Lipinski definition) is 8. The van der Waals surface area contributed by atoms with Gasteiger partial charge in [0.05, 0.1) is 0 Å². The molecule has 0 aromatic heterocycles. The third kappa shape index (κ3) is 77000. The maximum absolute atomic E-state index is 8.74. The molecular formula is H16Al4Mg2O20Si4. The first-order valence-corrected chi connectivity index (χ1v) is 13.7. The van der Waals surface area contributed by atoms with E-state index in [2.05, 4.69) is 0 Å². The summed E-state index contributed by atoms with van der Waals surface area (Å²) in [6, 6.07) is 0. The average molecular weight is 605 g/mol. The normalized spacial score (nSPS) is 4.27. The van der Waals surface area contributed by atoms with Gasteiger partial charge in [0.1, 0.15) is 0 Å². The van der Waals surface area contributed by atoms with Gasteiger partial charge in [-0.05, 0) is 0 Å². The van der Waals surface area contributed by atoms with E-state index in [1.807, 2.05) is 0 Å². The molecule has 0 bridgehead atoms. The summed E-state index contributed by atoms with van der Waals surface area (Å²) in [7, 11) is -12.5. The van der Waals surface area contributed by atoms with Gasteiger partial charge in [-0.3, -0.25) is 17.8 Å². The van der Waals surface area contributed by atoms with Gasteiger partial charge in [0.15, 0.2) is 0 Å². The zero-order valence-corrected chi connectivity index (χ0v) is 25.8. The van der Waals surface area contributed by atoms with Crippen LogP contribution in [0.3, 0.4) is 0 Å². The second kappa shape index (κ2) is 88.0. The summed E-state index contributed by atoms with van der Waals surface area (Å²) in [6.45, 7) is 0. The molecule has 0 rings (SSSR count). The van der Waals surface area contributed by atoms with Crippen LogP contribution < -0.4 is 0 Å². The molecule has 0 saturated heterocycles. The zero-order valence-electron chi connectivity index (χ0n) is 18.4. The van der Waals surface area contributed by atoms with Crippen molar-refractivity contribution in [2.45, 2.75) is 0 Å². The minimum absolute atomic E-state index is 0. The zero-order chi connectivity index (χ0) is 25.1. The predicted molar refractivity (Wildman–Crippen MR) is 94.1 cm³/mol. The Morgan fingerprint density at radius 3 is 0.400 bits per heavy atom. The van der Waals surface area contributed by atoms with E-state index < -0.39 is 98.6 Å². The SMILES string of the molecule is O=[Si](O)O.O=[Si](O)O.O=[Si](O)O.O=[Si](O)O.[H-].[H-].[H-].[H-].[Mg+2].[Mg+2].[O]=[Al][OH].[O]=[Al][OH].[O]=[Al][OH].[O]=[Al][OH]. The van der Waals surface area contributed by atoms with Crippen molar-refractivity contribution in [3.8, 4) is 0 Å². The monoisotopic (exact) mass is 604 g/mol. The van der Waals surface area contributed by atoms with Crippen molar-refractivity contribution < 1.29 is 93.8 Å². The molecule has 0 fully saturated rings. The van der Waals surface area contributed by atoms with Crippen LogP contribution in [0.2, 0.25) is 0 Å². The molecule has 0 amide bonds. The average Bonchev–Trinajstić information content (AvgIpc) is 2.38. The first-order chi connectivity index (χ1) is 12.6. The minimum atomic E-state index is -3.13. The van der Waals surface area contributed by atoms with Gasteiger partial charge in [-0.25, -0.2) is 0 Å². The molecule has 0 heterocycles. The Kier molecular flexibility index (Phi) is 185. The maximum atomic E-state index is 8.74. The van der Waals surface area contributed by atoms with Crippen molar-refractivity contribution in [1.29, 1.82) is 0 Å². The van der Waals surface area contributed by atoms with Crippen molar-refractivity contribution in [3.63, 3.8) is 0 Å². The molecule has 0 aliphatic rings. The predicted octanol–water partition coefficient (Wildman–Crippen LogP) is -11.0. The van der Waals surface area contributed by atoms with Gasteiger partial charge >= 0.3 is 177 Å². The van der Waals surface area contributed by atoms with Gasteiger partial charge in [0.2, 0.25) is 0 Å². The first kappa shape index (κ1) is 63.2. The molecule has 20 nitrogen and oxygen atoms in total. The molecule has 0 spiro atoms. The van der Waals surface area contributed by atoms with Gasteiger partial charge in [-0.2, -0.15) is 0 Å². The van der Waals surface area contributed by atoms with E-state index in [-0.39, 0.29) is 51.8 Å². The molecule has 12 N–H and O–H groups in total. The first-order valence-electron chi connectivity index (χ1n) is 4.58. The second-order valence-corrected chi connectivity index (χ2v) is 4.66. The van der Waals surface area contributed by atoms with E-state index in [0.717, 1.165) is 0 Å². The third-order valence-corrected chi connectivity index (χ3v) is 0. The molecule has 168 valence electrons. The Hall–Kier alpha value is 0.530. The topological polar surface area (TPSA) is 379 Å². The van der Waals surface area contributed by atoms with Gasteiger partial charge in [0.25, 0.3) is 0 Å². The molecule has 0 saturated carbocycles. The van der Waals surface area contributed by atoms with E-state index in [4.69, 9.17) is 88.1 Å². The summed E-state index contributed by atoms with van der Waals surface area (Å²) in [5.74, 6) is 0. The van der Waals surface area contributed by atoms with Crippen molar-refractivity contribution in [2.24, 2.45) is 0 Å². The van der Waals surface area contributed by atoms with Crippen LogP contribution in [0.5, 0.6) is 0 Å². The molecule has 0 unspecified atom stereocenters. The molecule has 0 aromatic carbocycles. The number of hydrogen-bond donors (Lipinski definition) is 12. The summed E-state index contributed by atoms with van der Waals surface area (Å²) in [5.41, 5.74) is 0. The number of rotatable bonds is 0. The summed E-state index contributed by atoms with van der Waals surface area (Å²) in [4.78, 5) is 57.3.